The van der Waals surface area contributed by atoms with E-state index in [1.54, 1.807) is 6.92 Å². The van der Waals surface area contributed by atoms with Gasteiger partial charge in [-0.1, -0.05) is 25.7 Å². The first kappa shape index (κ1) is 17.4. The third kappa shape index (κ3) is 3.63. The van der Waals surface area contributed by atoms with Crippen LogP contribution in [0.1, 0.15) is 50.3 Å². The summed E-state index contributed by atoms with van der Waals surface area (Å²) in [6.45, 7) is 1.78. The molecule has 1 aliphatic carbocycles. The van der Waals surface area contributed by atoms with Crippen molar-refractivity contribution in [2.24, 2.45) is 5.92 Å². The molecule has 7 heteroatoms. The van der Waals surface area contributed by atoms with Crippen LogP contribution < -0.4 is 11.2 Å². The lowest BCUT2D eigenvalue weighted by Crippen LogP contribution is -2.42. The van der Waals surface area contributed by atoms with Crippen LogP contribution in [-0.2, 0) is 11.3 Å². The van der Waals surface area contributed by atoms with E-state index in [1.807, 2.05) is 0 Å². The Labute approximate surface area is 140 Å². The molecule has 2 heterocycles. The molecule has 0 aromatic carbocycles. The van der Waals surface area contributed by atoms with E-state index < -0.39 is 24.1 Å². The molecule has 1 saturated carbocycles. The fourth-order valence-corrected chi connectivity index (χ4v) is 3.32. The molecule has 1 aromatic rings. The molecule has 2 aliphatic rings. The molecule has 2 N–H and O–H groups in total. The summed E-state index contributed by atoms with van der Waals surface area (Å²) >= 11 is 0. The molecule has 0 bridgehead atoms. The third-order valence-electron chi connectivity index (χ3n) is 5.00. The van der Waals surface area contributed by atoms with Gasteiger partial charge in [0.1, 0.15) is 12.3 Å². The van der Waals surface area contributed by atoms with Gasteiger partial charge in [-0.05, 0) is 19.3 Å². The standard InChI is InChI=1S/C17H26N2O5/c1-11-9-19(15-8-13(21)14(10-20)24-15)17(23)18(16(11)22)7-3-2-4-12-5-6-12/h9,12-15,20-21H,2-8,10H2,1H3/t13-,14+,15+/m0/s1. The average molecular weight is 338 g/mol. The first-order valence-corrected chi connectivity index (χ1v) is 8.78. The maximum Gasteiger partial charge on any atom is 0.333 e. The van der Waals surface area contributed by atoms with Crippen LogP contribution in [0.2, 0.25) is 0 Å². The Hall–Kier alpha value is -1.44. The number of rotatable bonds is 7. The van der Waals surface area contributed by atoms with E-state index in [4.69, 9.17) is 4.74 Å². The first-order chi connectivity index (χ1) is 11.5. The second-order valence-electron chi connectivity index (χ2n) is 7.01. The Bertz CT molecular complexity index is 691. The number of ether oxygens (including phenoxy) is 1. The van der Waals surface area contributed by atoms with E-state index in [2.05, 4.69) is 0 Å². The normalized spacial score (nSPS) is 26.9. The highest BCUT2D eigenvalue weighted by Gasteiger charge is 2.35. The number of nitrogens with zero attached hydrogens (tertiary/aromatic N) is 2. The predicted molar refractivity (Wildman–Crippen MR) is 87.9 cm³/mol. The summed E-state index contributed by atoms with van der Waals surface area (Å²) in [7, 11) is 0. The van der Waals surface area contributed by atoms with E-state index >= 15 is 0 Å². The molecule has 2 fully saturated rings. The van der Waals surface area contributed by atoms with Gasteiger partial charge in [0.2, 0.25) is 0 Å². The lowest BCUT2D eigenvalue weighted by Gasteiger charge is -2.17. The Balaban J connectivity index is 1.77. The van der Waals surface area contributed by atoms with Gasteiger partial charge in [-0.15, -0.1) is 0 Å². The lowest BCUT2D eigenvalue weighted by molar-refractivity contribution is -0.0464. The monoisotopic (exact) mass is 338 g/mol. The van der Waals surface area contributed by atoms with Crippen molar-refractivity contribution in [2.45, 2.75) is 70.4 Å². The SMILES string of the molecule is Cc1cn([C@H]2C[C@H](O)[C@@H](CO)O2)c(=O)n(CCCCC2CC2)c1=O. The van der Waals surface area contributed by atoms with E-state index in [0.717, 1.165) is 18.8 Å². The fourth-order valence-electron chi connectivity index (χ4n) is 3.32. The van der Waals surface area contributed by atoms with Crippen molar-refractivity contribution in [3.63, 3.8) is 0 Å². The van der Waals surface area contributed by atoms with E-state index in [-0.39, 0.29) is 18.6 Å². The van der Waals surface area contributed by atoms with Crippen LogP contribution in [0.4, 0.5) is 0 Å². The molecular weight excluding hydrogens is 312 g/mol. The van der Waals surface area contributed by atoms with Gasteiger partial charge in [-0.3, -0.25) is 13.9 Å². The third-order valence-corrected chi connectivity index (χ3v) is 5.00. The smallest absolute Gasteiger partial charge is 0.333 e. The molecule has 0 amide bonds. The Morgan fingerprint density at radius 3 is 2.67 bits per heavy atom. The van der Waals surface area contributed by atoms with Crippen molar-refractivity contribution in [3.8, 4) is 0 Å². The molecule has 134 valence electrons. The number of aryl methyl sites for hydroxylation is 1. The summed E-state index contributed by atoms with van der Waals surface area (Å²) in [5.74, 6) is 0.847. The fraction of sp³-hybridized carbons (Fsp3) is 0.765. The van der Waals surface area contributed by atoms with Crippen LogP contribution in [-0.4, -0.2) is 38.2 Å². The van der Waals surface area contributed by atoms with Crippen molar-refractivity contribution >= 4 is 0 Å². The van der Waals surface area contributed by atoms with Gasteiger partial charge in [0.25, 0.3) is 5.56 Å². The highest BCUT2D eigenvalue weighted by atomic mass is 16.5. The molecule has 0 unspecified atom stereocenters. The van der Waals surface area contributed by atoms with Gasteiger partial charge in [0.05, 0.1) is 12.7 Å². The summed E-state index contributed by atoms with van der Waals surface area (Å²) in [5, 5.41) is 19.1. The van der Waals surface area contributed by atoms with Crippen molar-refractivity contribution in [2.75, 3.05) is 6.61 Å². The maximum atomic E-state index is 12.7. The lowest BCUT2D eigenvalue weighted by atomic mass is 10.2. The van der Waals surface area contributed by atoms with Gasteiger partial charge in [0.15, 0.2) is 0 Å². The van der Waals surface area contributed by atoms with Crippen molar-refractivity contribution in [3.05, 3.63) is 32.6 Å². The number of aliphatic hydroxyl groups excluding tert-OH is 2. The molecule has 0 spiro atoms. The Kier molecular flexibility index (Phi) is 5.22. The minimum atomic E-state index is -0.814. The van der Waals surface area contributed by atoms with E-state index in [0.29, 0.717) is 12.1 Å². The van der Waals surface area contributed by atoms with Gasteiger partial charge < -0.3 is 14.9 Å². The van der Waals surface area contributed by atoms with Gasteiger partial charge >= 0.3 is 5.69 Å². The highest BCUT2D eigenvalue weighted by molar-refractivity contribution is 5.04. The van der Waals surface area contributed by atoms with Crippen LogP contribution in [0.3, 0.4) is 0 Å². The zero-order valence-corrected chi connectivity index (χ0v) is 14.1. The maximum absolute atomic E-state index is 12.7. The van der Waals surface area contributed by atoms with Crippen LogP contribution in [0.25, 0.3) is 0 Å². The molecule has 3 rings (SSSR count). The number of hydrogen-bond donors (Lipinski definition) is 2. The van der Waals surface area contributed by atoms with Gasteiger partial charge in [-0.2, -0.15) is 0 Å². The molecule has 1 saturated heterocycles. The minimum Gasteiger partial charge on any atom is -0.394 e. The van der Waals surface area contributed by atoms with Gasteiger partial charge in [0, 0.05) is 24.7 Å². The summed E-state index contributed by atoms with van der Waals surface area (Å²) in [6, 6.07) is 0. The Morgan fingerprint density at radius 1 is 1.29 bits per heavy atom. The summed E-state index contributed by atoms with van der Waals surface area (Å²) in [5.41, 5.74) is -0.199. The molecule has 7 nitrogen and oxygen atoms in total. The minimum absolute atomic E-state index is 0.227. The molecule has 24 heavy (non-hydrogen) atoms. The quantitative estimate of drug-likeness (QED) is 0.708. The van der Waals surface area contributed by atoms with Crippen LogP contribution in [0, 0.1) is 12.8 Å². The molecule has 1 aromatic heterocycles. The second-order valence-corrected chi connectivity index (χ2v) is 7.01. The van der Waals surface area contributed by atoms with Crippen molar-refractivity contribution in [1.82, 2.24) is 9.13 Å². The van der Waals surface area contributed by atoms with Gasteiger partial charge in [-0.25, -0.2) is 4.79 Å². The number of aliphatic hydroxyl groups is 2. The van der Waals surface area contributed by atoms with E-state index in [9.17, 15) is 19.8 Å². The summed E-state index contributed by atoms with van der Waals surface area (Å²) in [4.78, 5) is 25.0. The van der Waals surface area contributed by atoms with Crippen LogP contribution >= 0.6 is 0 Å². The van der Waals surface area contributed by atoms with Crippen molar-refractivity contribution < 1.29 is 14.9 Å². The molecule has 0 radical (unpaired) electrons. The van der Waals surface area contributed by atoms with Crippen LogP contribution in [0.15, 0.2) is 15.8 Å². The second kappa shape index (κ2) is 7.21. The molecular formula is C17H26N2O5. The summed E-state index contributed by atoms with van der Waals surface area (Å²) in [6.07, 6.45) is 5.18. The number of unbranched alkanes of at least 4 members (excludes halogenated alkanes) is 1. The number of aromatic nitrogens is 2. The Morgan fingerprint density at radius 2 is 2.04 bits per heavy atom. The van der Waals surface area contributed by atoms with E-state index in [1.165, 1.54) is 34.6 Å². The zero-order chi connectivity index (χ0) is 17.3. The summed E-state index contributed by atoms with van der Waals surface area (Å²) < 4.78 is 8.19. The first-order valence-electron chi connectivity index (χ1n) is 8.78. The number of hydrogen-bond acceptors (Lipinski definition) is 5. The molecule has 1 aliphatic heterocycles. The molecule has 3 atom stereocenters. The van der Waals surface area contributed by atoms with Crippen molar-refractivity contribution in [1.29, 1.82) is 0 Å². The van der Waals surface area contributed by atoms with Crippen LogP contribution in [0.5, 0.6) is 0 Å². The zero-order valence-electron chi connectivity index (χ0n) is 14.1. The largest absolute Gasteiger partial charge is 0.394 e. The topological polar surface area (TPSA) is 93.7 Å². The predicted octanol–water partition coefficient (Wildman–Crippen LogP) is 0.539. The highest BCUT2D eigenvalue weighted by Crippen LogP contribution is 2.33. The average Bonchev–Trinajstić information content (AvgIpc) is 3.31.